The Bertz CT molecular complexity index is 262. The van der Waals surface area contributed by atoms with Gasteiger partial charge in [0.15, 0.2) is 5.60 Å². The summed E-state index contributed by atoms with van der Waals surface area (Å²) in [5, 5.41) is 9.35. The summed E-state index contributed by atoms with van der Waals surface area (Å²) in [6.45, 7) is 8.01. The van der Waals surface area contributed by atoms with Gasteiger partial charge in [-0.05, 0) is 38.0 Å². The zero-order valence-corrected chi connectivity index (χ0v) is 11.5. The molecule has 1 rings (SSSR count). The number of hydrogen-bond acceptors (Lipinski definition) is 2. The minimum Gasteiger partial charge on any atom is -0.479 e. The molecule has 0 aromatic carbocycles. The second kappa shape index (κ2) is 5.85. The number of carboxylic acid groups (broad SMARTS) is 1. The number of carboxylic acids is 1. The van der Waals surface area contributed by atoms with Gasteiger partial charge in [0.1, 0.15) is 0 Å². The number of hydrogen-bond donors (Lipinski definition) is 1. The molecule has 0 aromatic heterocycles. The predicted molar refractivity (Wildman–Crippen MR) is 68.0 cm³/mol. The Labute approximate surface area is 105 Å². The molecule has 0 aromatic rings. The van der Waals surface area contributed by atoms with Crippen LogP contribution in [0.5, 0.6) is 0 Å². The van der Waals surface area contributed by atoms with Crippen molar-refractivity contribution in [2.45, 2.75) is 71.5 Å². The fraction of sp³-hybridized carbons (Fsp3) is 0.929. The van der Waals surface area contributed by atoms with E-state index in [2.05, 4.69) is 6.92 Å². The molecule has 0 radical (unpaired) electrons. The number of ether oxygens (including phenoxy) is 1. The van der Waals surface area contributed by atoms with Crippen molar-refractivity contribution in [2.75, 3.05) is 0 Å². The van der Waals surface area contributed by atoms with Crippen molar-refractivity contribution in [2.24, 2.45) is 11.8 Å². The van der Waals surface area contributed by atoms with Gasteiger partial charge in [-0.3, -0.25) is 0 Å². The van der Waals surface area contributed by atoms with Gasteiger partial charge in [0.25, 0.3) is 0 Å². The zero-order chi connectivity index (χ0) is 13.1. The summed E-state index contributed by atoms with van der Waals surface area (Å²) < 4.78 is 5.92. The summed E-state index contributed by atoms with van der Waals surface area (Å²) in [5.74, 6) is 0.160. The third-order valence-corrected chi connectivity index (χ3v) is 3.57. The second-order valence-electron chi connectivity index (χ2n) is 6.15. The molecule has 17 heavy (non-hydrogen) atoms. The van der Waals surface area contributed by atoms with E-state index in [-0.39, 0.29) is 6.10 Å². The fourth-order valence-corrected chi connectivity index (χ4v) is 2.82. The Hall–Kier alpha value is -0.570. The van der Waals surface area contributed by atoms with Crippen molar-refractivity contribution in [1.82, 2.24) is 0 Å². The average Bonchev–Trinajstić information content (AvgIpc) is 2.15. The maximum Gasteiger partial charge on any atom is 0.335 e. The van der Waals surface area contributed by atoms with Crippen LogP contribution in [0.25, 0.3) is 0 Å². The SMILES string of the molecule is CC(C)CC(C)(OC1CCCC(C)C1)C(=O)O. The molecule has 3 unspecified atom stereocenters. The summed E-state index contributed by atoms with van der Waals surface area (Å²) >= 11 is 0. The minimum absolute atomic E-state index is 0.124. The molecule has 0 aliphatic heterocycles. The lowest BCUT2D eigenvalue weighted by Gasteiger charge is -2.35. The normalized spacial score (nSPS) is 29.0. The van der Waals surface area contributed by atoms with Crippen LogP contribution < -0.4 is 0 Å². The lowest BCUT2D eigenvalue weighted by atomic mass is 9.87. The van der Waals surface area contributed by atoms with Gasteiger partial charge in [-0.2, -0.15) is 0 Å². The molecule has 0 bridgehead atoms. The van der Waals surface area contributed by atoms with E-state index in [0.717, 1.165) is 19.3 Å². The Morgan fingerprint density at radius 1 is 1.47 bits per heavy atom. The van der Waals surface area contributed by atoms with Gasteiger partial charge in [-0.1, -0.05) is 33.6 Å². The summed E-state index contributed by atoms with van der Waals surface area (Å²) in [7, 11) is 0. The highest BCUT2D eigenvalue weighted by Crippen LogP contribution is 2.31. The number of rotatable bonds is 5. The highest BCUT2D eigenvalue weighted by Gasteiger charge is 2.38. The summed E-state index contributed by atoms with van der Waals surface area (Å²) in [5.41, 5.74) is -1.02. The Morgan fingerprint density at radius 2 is 2.12 bits per heavy atom. The summed E-state index contributed by atoms with van der Waals surface area (Å²) in [6.07, 6.45) is 5.11. The molecule has 1 fully saturated rings. The van der Waals surface area contributed by atoms with Gasteiger partial charge in [-0.15, -0.1) is 0 Å². The molecule has 0 heterocycles. The Kier molecular flexibility index (Phi) is 4.99. The number of aliphatic carboxylic acids is 1. The first-order valence-corrected chi connectivity index (χ1v) is 6.74. The standard InChI is InChI=1S/C14H26O3/c1-10(2)9-14(4,13(15)16)17-12-7-5-6-11(3)8-12/h10-12H,5-9H2,1-4H3,(H,15,16). The van der Waals surface area contributed by atoms with Crippen LogP contribution in [0.1, 0.15) is 59.8 Å². The molecule has 3 nitrogen and oxygen atoms in total. The van der Waals surface area contributed by atoms with Gasteiger partial charge in [-0.25, -0.2) is 4.79 Å². The van der Waals surface area contributed by atoms with E-state index in [9.17, 15) is 9.90 Å². The predicted octanol–water partition coefficient (Wildman–Crippen LogP) is 3.47. The largest absolute Gasteiger partial charge is 0.479 e. The van der Waals surface area contributed by atoms with Crippen molar-refractivity contribution in [3.05, 3.63) is 0 Å². The van der Waals surface area contributed by atoms with E-state index >= 15 is 0 Å². The monoisotopic (exact) mass is 242 g/mol. The molecule has 0 spiro atoms. The maximum absolute atomic E-state index is 11.4. The molecular weight excluding hydrogens is 216 g/mol. The van der Waals surface area contributed by atoms with Gasteiger partial charge in [0, 0.05) is 0 Å². The summed E-state index contributed by atoms with van der Waals surface area (Å²) in [4.78, 5) is 11.4. The second-order valence-corrected chi connectivity index (χ2v) is 6.15. The van der Waals surface area contributed by atoms with Crippen LogP contribution in [0.3, 0.4) is 0 Å². The van der Waals surface area contributed by atoms with E-state index in [0.29, 0.717) is 18.3 Å². The van der Waals surface area contributed by atoms with Crippen LogP contribution in [0.15, 0.2) is 0 Å². The van der Waals surface area contributed by atoms with E-state index < -0.39 is 11.6 Å². The van der Waals surface area contributed by atoms with Crippen LogP contribution in [0, 0.1) is 11.8 Å². The van der Waals surface area contributed by atoms with Crippen molar-refractivity contribution >= 4 is 5.97 Å². The fourth-order valence-electron chi connectivity index (χ4n) is 2.82. The van der Waals surface area contributed by atoms with E-state index in [4.69, 9.17) is 4.74 Å². The number of carbonyl (C=O) groups is 1. The molecule has 0 saturated heterocycles. The Morgan fingerprint density at radius 3 is 2.59 bits per heavy atom. The van der Waals surface area contributed by atoms with E-state index in [1.165, 1.54) is 6.42 Å². The van der Waals surface area contributed by atoms with Crippen molar-refractivity contribution in [3.8, 4) is 0 Å². The van der Waals surface area contributed by atoms with Crippen LogP contribution in [-0.2, 0) is 9.53 Å². The first kappa shape index (κ1) is 14.5. The van der Waals surface area contributed by atoms with Crippen LogP contribution in [0.2, 0.25) is 0 Å². The molecule has 1 aliphatic carbocycles. The molecule has 3 heteroatoms. The van der Waals surface area contributed by atoms with E-state index in [1.54, 1.807) is 6.92 Å². The average molecular weight is 242 g/mol. The van der Waals surface area contributed by atoms with Gasteiger partial charge in [0.2, 0.25) is 0 Å². The van der Waals surface area contributed by atoms with Crippen LogP contribution in [-0.4, -0.2) is 22.8 Å². The van der Waals surface area contributed by atoms with Crippen molar-refractivity contribution in [3.63, 3.8) is 0 Å². The Balaban J connectivity index is 2.62. The van der Waals surface area contributed by atoms with Crippen LogP contribution >= 0.6 is 0 Å². The van der Waals surface area contributed by atoms with Gasteiger partial charge < -0.3 is 9.84 Å². The third kappa shape index (κ3) is 4.30. The minimum atomic E-state index is -1.02. The first-order valence-electron chi connectivity index (χ1n) is 6.74. The topological polar surface area (TPSA) is 46.5 Å². The highest BCUT2D eigenvalue weighted by molar-refractivity contribution is 5.76. The highest BCUT2D eigenvalue weighted by atomic mass is 16.5. The molecule has 1 saturated carbocycles. The molecule has 1 aliphatic rings. The van der Waals surface area contributed by atoms with Gasteiger partial charge in [0.05, 0.1) is 6.10 Å². The van der Waals surface area contributed by atoms with Crippen molar-refractivity contribution < 1.29 is 14.6 Å². The van der Waals surface area contributed by atoms with Crippen molar-refractivity contribution in [1.29, 1.82) is 0 Å². The van der Waals surface area contributed by atoms with E-state index in [1.807, 2.05) is 13.8 Å². The molecular formula is C14H26O3. The zero-order valence-electron chi connectivity index (χ0n) is 11.5. The lowest BCUT2D eigenvalue weighted by Crippen LogP contribution is -2.43. The molecule has 1 N–H and O–H groups in total. The molecule has 100 valence electrons. The van der Waals surface area contributed by atoms with Crippen LogP contribution in [0.4, 0.5) is 0 Å². The third-order valence-electron chi connectivity index (χ3n) is 3.57. The van der Waals surface area contributed by atoms with Gasteiger partial charge >= 0.3 is 5.97 Å². The first-order chi connectivity index (χ1) is 7.83. The maximum atomic E-state index is 11.4. The summed E-state index contributed by atoms with van der Waals surface area (Å²) in [6, 6.07) is 0. The lowest BCUT2D eigenvalue weighted by molar-refractivity contribution is -0.177. The quantitative estimate of drug-likeness (QED) is 0.803. The smallest absolute Gasteiger partial charge is 0.335 e. The molecule has 0 amide bonds. The molecule has 3 atom stereocenters.